The van der Waals surface area contributed by atoms with Crippen LogP contribution in [0.2, 0.25) is 0 Å². The third-order valence-corrected chi connectivity index (χ3v) is 2.54. The molecule has 0 aliphatic carbocycles. The predicted octanol–water partition coefficient (Wildman–Crippen LogP) is 2.33. The molecule has 0 atom stereocenters. The van der Waals surface area contributed by atoms with Crippen LogP contribution in [0.3, 0.4) is 0 Å². The normalized spacial score (nSPS) is 24.2. The van der Waals surface area contributed by atoms with Gasteiger partial charge in [-0.1, -0.05) is 6.58 Å². The van der Waals surface area contributed by atoms with Gasteiger partial charge in [-0.15, -0.1) is 0 Å². The van der Waals surface area contributed by atoms with Crippen LogP contribution >= 0.6 is 24.0 Å². The summed E-state index contributed by atoms with van der Waals surface area (Å²) >= 11 is 6.27. The summed E-state index contributed by atoms with van der Waals surface area (Å²) in [5.41, 5.74) is -0.248. The van der Waals surface area contributed by atoms with Crippen molar-refractivity contribution >= 4 is 28.4 Å². The summed E-state index contributed by atoms with van der Waals surface area (Å²) in [4.78, 5) is 0.993. The first kappa shape index (κ1) is 7.09. The zero-order valence-electron chi connectivity index (χ0n) is 5.43. The van der Waals surface area contributed by atoms with E-state index in [1.807, 2.05) is 13.8 Å². The number of hydrogen-bond donors (Lipinski definition) is 0. The van der Waals surface area contributed by atoms with Gasteiger partial charge in [0.05, 0.1) is 0 Å². The van der Waals surface area contributed by atoms with Crippen LogP contribution in [-0.4, -0.2) is 9.98 Å². The Morgan fingerprint density at radius 2 is 2.22 bits per heavy atom. The number of rotatable bonds is 0. The zero-order valence-corrected chi connectivity index (χ0v) is 7.06. The first-order chi connectivity index (χ1) is 4.02. The Labute approximate surface area is 64.5 Å². The molecule has 50 valence electrons. The lowest BCUT2D eigenvalue weighted by molar-refractivity contribution is 0.163. The Kier molecular flexibility index (Phi) is 1.57. The summed E-state index contributed by atoms with van der Waals surface area (Å²) in [6.45, 7) is 7.73. The lowest BCUT2D eigenvalue weighted by atomic mass is 10.1. The number of thiocarbonyl (C=S) groups is 1. The highest BCUT2D eigenvalue weighted by atomic mass is 32.2. The van der Waals surface area contributed by atoms with E-state index in [-0.39, 0.29) is 5.60 Å². The Bertz CT molecular complexity index is 172. The van der Waals surface area contributed by atoms with Crippen LogP contribution in [0.25, 0.3) is 0 Å². The molecule has 0 spiro atoms. The minimum Gasteiger partial charge on any atom is -0.467 e. The summed E-state index contributed by atoms with van der Waals surface area (Å²) < 4.78 is 5.84. The van der Waals surface area contributed by atoms with Gasteiger partial charge in [-0.3, -0.25) is 0 Å². The van der Waals surface area contributed by atoms with Gasteiger partial charge in [-0.05, 0) is 37.8 Å². The van der Waals surface area contributed by atoms with Crippen molar-refractivity contribution in [2.75, 3.05) is 0 Å². The molecule has 0 saturated carbocycles. The molecular weight excluding hydrogens is 152 g/mol. The fourth-order valence-corrected chi connectivity index (χ4v) is 1.76. The average molecular weight is 160 g/mol. The van der Waals surface area contributed by atoms with E-state index >= 15 is 0 Å². The Balaban J connectivity index is 2.81. The van der Waals surface area contributed by atoms with Crippen LogP contribution in [0.4, 0.5) is 0 Å². The van der Waals surface area contributed by atoms with E-state index in [1.54, 1.807) is 0 Å². The highest BCUT2D eigenvalue weighted by Crippen LogP contribution is 2.38. The fraction of sp³-hybridized carbons (Fsp3) is 0.500. The number of ether oxygens (including phenoxy) is 1. The van der Waals surface area contributed by atoms with E-state index in [2.05, 4.69) is 6.58 Å². The lowest BCUT2D eigenvalue weighted by Crippen LogP contribution is -2.19. The lowest BCUT2D eigenvalue weighted by Gasteiger charge is -2.15. The topological polar surface area (TPSA) is 9.23 Å². The second-order valence-corrected chi connectivity index (χ2v) is 4.08. The minimum atomic E-state index is -0.248. The molecule has 1 aliphatic rings. The first-order valence-corrected chi connectivity index (χ1v) is 3.85. The van der Waals surface area contributed by atoms with Crippen molar-refractivity contribution in [3.63, 3.8) is 0 Å². The second kappa shape index (κ2) is 1.99. The van der Waals surface area contributed by atoms with E-state index in [4.69, 9.17) is 17.0 Å². The van der Waals surface area contributed by atoms with Crippen molar-refractivity contribution in [1.82, 2.24) is 0 Å². The van der Waals surface area contributed by atoms with Gasteiger partial charge >= 0.3 is 0 Å². The monoisotopic (exact) mass is 160 g/mol. The summed E-state index contributed by atoms with van der Waals surface area (Å²) in [6.07, 6.45) is 0. The van der Waals surface area contributed by atoms with Crippen molar-refractivity contribution in [3.8, 4) is 0 Å². The van der Waals surface area contributed by atoms with Gasteiger partial charge < -0.3 is 4.74 Å². The molecule has 0 amide bonds. The van der Waals surface area contributed by atoms with Gasteiger partial charge in [0.2, 0.25) is 4.38 Å². The molecule has 1 fully saturated rings. The molecule has 0 unspecified atom stereocenters. The SMILES string of the molecule is C=C1SC(=S)OC1(C)C. The summed E-state index contributed by atoms with van der Waals surface area (Å²) in [7, 11) is 0. The third-order valence-electron chi connectivity index (χ3n) is 1.22. The molecule has 1 aliphatic heterocycles. The Morgan fingerprint density at radius 3 is 2.33 bits per heavy atom. The molecule has 0 aromatic heterocycles. The van der Waals surface area contributed by atoms with Gasteiger partial charge in [-0.25, -0.2) is 0 Å². The smallest absolute Gasteiger partial charge is 0.225 e. The molecule has 3 heteroatoms. The van der Waals surface area contributed by atoms with Crippen LogP contribution in [0.5, 0.6) is 0 Å². The molecule has 1 nitrogen and oxygen atoms in total. The van der Waals surface area contributed by atoms with Gasteiger partial charge in [0.1, 0.15) is 5.60 Å². The van der Waals surface area contributed by atoms with Crippen molar-refractivity contribution in [3.05, 3.63) is 11.5 Å². The second-order valence-electron chi connectivity index (χ2n) is 2.39. The molecule has 0 aromatic carbocycles. The predicted molar refractivity (Wildman–Crippen MR) is 44.5 cm³/mol. The molecule has 0 bridgehead atoms. The van der Waals surface area contributed by atoms with E-state index in [9.17, 15) is 0 Å². The van der Waals surface area contributed by atoms with E-state index < -0.39 is 0 Å². The Morgan fingerprint density at radius 1 is 1.67 bits per heavy atom. The molecule has 1 heterocycles. The first-order valence-electron chi connectivity index (χ1n) is 2.62. The van der Waals surface area contributed by atoms with Crippen LogP contribution in [0.1, 0.15) is 13.8 Å². The van der Waals surface area contributed by atoms with Crippen LogP contribution in [-0.2, 0) is 4.74 Å². The standard InChI is InChI=1S/C6H8OS2/c1-4-6(2,3)7-5(8)9-4/h1H2,2-3H3. The maximum absolute atomic E-state index is 5.26. The Hall–Kier alpha value is -0.0200. The quantitative estimate of drug-likeness (QED) is 0.503. The summed E-state index contributed by atoms with van der Waals surface area (Å²) in [6, 6.07) is 0. The maximum atomic E-state index is 5.26. The highest BCUT2D eigenvalue weighted by Gasteiger charge is 2.33. The fourth-order valence-electron chi connectivity index (χ4n) is 0.510. The number of thioether (sulfide) groups is 1. The molecule has 1 rings (SSSR count). The van der Waals surface area contributed by atoms with Crippen molar-refractivity contribution in [2.24, 2.45) is 0 Å². The van der Waals surface area contributed by atoms with Crippen LogP contribution in [0.15, 0.2) is 11.5 Å². The third kappa shape index (κ3) is 1.27. The van der Waals surface area contributed by atoms with E-state index in [0.29, 0.717) is 4.38 Å². The zero-order chi connectivity index (χ0) is 7.07. The van der Waals surface area contributed by atoms with Crippen LogP contribution in [0, 0.1) is 0 Å². The van der Waals surface area contributed by atoms with Gasteiger partial charge in [-0.2, -0.15) is 0 Å². The van der Waals surface area contributed by atoms with Crippen LogP contribution < -0.4 is 0 Å². The van der Waals surface area contributed by atoms with Crippen molar-refractivity contribution in [2.45, 2.75) is 19.4 Å². The average Bonchev–Trinajstić information content (AvgIpc) is 1.79. The summed E-state index contributed by atoms with van der Waals surface area (Å²) in [5, 5.41) is 0. The van der Waals surface area contributed by atoms with Crippen molar-refractivity contribution in [1.29, 1.82) is 0 Å². The van der Waals surface area contributed by atoms with Crippen molar-refractivity contribution < 1.29 is 4.74 Å². The summed E-state index contributed by atoms with van der Waals surface area (Å²) in [5.74, 6) is 0. The molecule has 9 heavy (non-hydrogen) atoms. The molecule has 0 radical (unpaired) electrons. The largest absolute Gasteiger partial charge is 0.467 e. The minimum absolute atomic E-state index is 0.248. The van der Waals surface area contributed by atoms with E-state index in [0.717, 1.165) is 4.91 Å². The molecule has 0 N–H and O–H groups in total. The molecular formula is C6H8OS2. The van der Waals surface area contributed by atoms with Gasteiger partial charge in [0.25, 0.3) is 0 Å². The van der Waals surface area contributed by atoms with E-state index in [1.165, 1.54) is 11.8 Å². The highest BCUT2D eigenvalue weighted by molar-refractivity contribution is 8.25. The maximum Gasteiger partial charge on any atom is 0.225 e. The number of hydrogen-bond acceptors (Lipinski definition) is 3. The van der Waals surface area contributed by atoms with Gasteiger partial charge in [0, 0.05) is 4.91 Å². The molecule has 1 saturated heterocycles. The van der Waals surface area contributed by atoms with Gasteiger partial charge in [0.15, 0.2) is 0 Å². The molecule has 0 aromatic rings.